The molecule has 1 aromatic rings. The molecule has 0 radical (unpaired) electrons. The van der Waals surface area contributed by atoms with Gasteiger partial charge in [-0.15, -0.1) is 0 Å². The molecule has 1 fully saturated rings. The number of halogens is 1. The van der Waals surface area contributed by atoms with Gasteiger partial charge in [-0.1, -0.05) is 6.07 Å². The zero-order valence-electron chi connectivity index (χ0n) is 13.1. The van der Waals surface area contributed by atoms with Crippen molar-refractivity contribution < 1.29 is 9.84 Å². The van der Waals surface area contributed by atoms with Gasteiger partial charge < -0.3 is 14.7 Å². The van der Waals surface area contributed by atoms with Crippen molar-refractivity contribution in [2.45, 2.75) is 25.0 Å². The first-order valence-corrected chi connectivity index (χ1v) is 8.20. The summed E-state index contributed by atoms with van der Waals surface area (Å²) in [7, 11) is 5.89. The van der Waals surface area contributed by atoms with Gasteiger partial charge in [0.15, 0.2) is 0 Å². The van der Waals surface area contributed by atoms with Gasteiger partial charge in [-0.05, 0) is 73.7 Å². The number of ether oxygens (including phenoxy) is 1. The first-order valence-electron chi connectivity index (χ1n) is 7.40. The van der Waals surface area contributed by atoms with E-state index in [0.29, 0.717) is 6.42 Å². The topological polar surface area (TPSA) is 35.9 Å². The lowest BCUT2D eigenvalue weighted by molar-refractivity contribution is 0.0581. The maximum Gasteiger partial charge on any atom is 0.133 e. The van der Waals surface area contributed by atoms with Crippen LogP contribution in [0, 0.1) is 0 Å². The normalized spacial score (nSPS) is 22.8. The Balaban J connectivity index is 2.05. The fourth-order valence-electron chi connectivity index (χ4n) is 2.94. The Morgan fingerprint density at radius 2 is 2.14 bits per heavy atom. The molecular weight excluding hydrogens is 332 g/mol. The van der Waals surface area contributed by atoms with Crippen LogP contribution in [0.3, 0.4) is 0 Å². The molecule has 0 saturated carbocycles. The molecule has 5 heteroatoms. The smallest absolute Gasteiger partial charge is 0.133 e. The van der Waals surface area contributed by atoms with Gasteiger partial charge in [-0.25, -0.2) is 0 Å². The minimum atomic E-state index is -0.365. The summed E-state index contributed by atoms with van der Waals surface area (Å²) < 4.78 is 6.18. The Morgan fingerprint density at radius 3 is 2.81 bits per heavy atom. The van der Waals surface area contributed by atoms with Gasteiger partial charge in [0, 0.05) is 12.6 Å². The number of hydrogen-bond donors (Lipinski definition) is 1. The first-order chi connectivity index (χ1) is 10.0. The number of likely N-dealkylation sites (N-methyl/N-ethyl adjacent to an activating group) is 2. The van der Waals surface area contributed by atoms with E-state index in [9.17, 15) is 5.11 Å². The van der Waals surface area contributed by atoms with Gasteiger partial charge in [0.25, 0.3) is 0 Å². The van der Waals surface area contributed by atoms with Crippen LogP contribution in [0.2, 0.25) is 0 Å². The number of aliphatic hydroxyl groups excluding tert-OH is 1. The quantitative estimate of drug-likeness (QED) is 0.894. The van der Waals surface area contributed by atoms with Crippen molar-refractivity contribution in [3.63, 3.8) is 0 Å². The molecule has 118 valence electrons. The maximum absolute atomic E-state index is 10.6. The Kier molecular flexibility index (Phi) is 6.05. The summed E-state index contributed by atoms with van der Waals surface area (Å²) in [6.45, 7) is 3.05. The minimum Gasteiger partial charge on any atom is -0.496 e. The van der Waals surface area contributed by atoms with Crippen LogP contribution in [0.15, 0.2) is 22.7 Å². The molecule has 0 aliphatic carbocycles. The van der Waals surface area contributed by atoms with E-state index in [1.54, 1.807) is 7.11 Å². The zero-order chi connectivity index (χ0) is 15.4. The van der Waals surface area contributed by atoms with Gasteiger partial charge in [0.05, 0.1) is 17.7 Å². The summed E-state index contributed by atoms with van der Waals surface area (Å²) in [5.74, 6) is 0.819. The van der Waals surface area contributed by atoms with Crippen molar-refractivity contribution in [1.29, 1.82) is 0 Å². The standard InChI is InChI=1S/C16H25BrN2O2/c1-18-7-4-8-19(2)14(11-18)15(20)10-12-5-6-16(21-3)13(17)9-12/h5-6,9,14-15,20H,4,7-8,10-11H2,1-3H3. The Bertz CT molecular complexity index is 470. The highest BCUT2D eigenvalue weighted by Gasteiger charge is 2.27. The van der Waals surface area contributed by atoms with Crippen LogP contribution in [0.1, 0.15) is 12.0 Å². The van der Waals surface area contributed by atoms with Crippen molar-refractivity contribution in [1.82, 2.24) is 9.80 Å². The van der Waals surface area contributed by atoms with E-state index in [2.05, 4.69) is 39.8 Å². The molecule has 2 unspecified atom stereocenters. The first kappa shape index (κ1) is 16.7. The number of aliphatic hydroxyl groups is 1. The largest absolute Gasteiger partial charge is 0.496 e. The van der Waals surface area contributed by atoms with Crippen LogP contribution in [-0.4, -0.2) is 67.9 Å². The summed E-state index contributed by atoms with van der Waals surface area (Å²) in [5, 5.41) is 10.6. The van der Waals surface area contributed by atoms with Gasteiger partial charge in [-0.2, -0.15) is 0 Å². The molecular formula is C16H25BrN2O2. The Hall–Kier alpha value is -0.620. The van der Waals surface area contributed by atoms with Gasteiger partial charge in [0.1, 0.15) is 5.75 Å². The minimum absolute atomic E-state index is 0.179. The predicted octanol–water partition coefficient (Wildman–Crippen LogP) is 2.00. The summed E-state index contributed by atoms with van der Waals surface area (Å²) in [6, 6.07) is 6.17. The molecule has 2 rings (SSSR count). The van der Waals surface area contributed by atoms with E-state index in [1.165, 1.54) is 0 Å². The van der Waals surface area contributed by atoms with Crippen LogP contribution in [0.25, 0.3) is 0 Å². The highest BCUT2D eigenvalue weighted by atomic mass is 79.9. The molecule has 1 aliphatic heterocycles. The third kappa shape index (κ3) is 4.42. The van der Waals surface area contributed by atoms with E-state index >= 15 is 0 Å². The second-order valence-corrected chi connectivity index (χ2v) is 6.76. The average molecular weight is 357 g/mol. The second-order valence-electron chi connectivity index (χ2n) is 5.90. The summed E-state index contributed by atoms with van der Waals surface area (Å²) >= 11 is 3.50. The van der Waals surface area contributed by atoms with Crippen LogP contribution in [-0.2, 0) is 6.42 Å². The van der Waals surface area contributed by atoms with Gasteiger partial charge in [-0.3, -0.25) is 4.90 Å². The van der Waals surface area contributed by atoms with Crippen LogP contribution < -0.4 is 4.74 Å². The second kappa shape index (κ2) is 7.58. The molecule has 1 heterocycles. The van der Waals surface area contributed by atoms with Gasteiger partial charge >= 0.3 is 0 Å². The zero-order valence-corrected chi connectivity index (χ0v) is 14.6. The predicted molar refractivity (Wildman–Crippen MR) is 88.9 cm³/mol. The van der Waals surface area contributed by atoms with Crippen LogP contribution in [0.5, 0.6) is 5.75 Å². The highest BCUT2D eigenvalue weighted by molar-refractivity contribution is 9.10. The SMILES string of the molecule is COc1ccc(CC(O)C2CN(C)CCCN2C)cc1Br. The molecule has 1 saturated heterocycles. The molecule has 1 N–H and O–H groups in total. The highest BCUT2D eigenvalue weighted by Crippen LogP contribution is 2.26. The maximum atomic E-state index is 10.6. The van der Waals surface area contributed by atoms with Crippen molar-refractivity contribution in [2.75, 3.05) is 40.8 Å². The monoisotopic (exact) mass is 356 g/mol. The number of rotatable bonds is 4. The average Bonchev–Trinajstić information content (AvgIpc) is 2.60. The fraction of sp³-hybridized carbons (Fsp3) is 0.625. The lowest BCUT2D eigenvalue weighted by Crippen LogP contribution is -2.47. The summed E-state index contributed by atoms with van der Waals surface area (Å²) in [5.41, 5.74) is 1.12. The van der Waals surface area contributed by atoms with Crippen LogP contribution in [0.4, 0.5) is 0 Å². The van der Waals surface area contributed by atoms with E-state index in [4.69, 9.17) is 4.74 Å². The van der Waals surface area contributed by atoms with E-state index in [1.807, 2.05) is 18.2 Å². The van der Waals surface area contributed by atoms with E-state index < -0.39 is 0 Å². The lowest BCUT2D eigenvalue weighted by atomic mass is 10.0. The van der Waals surface area contributed by atoms with E-state index in [-0.39, 0.29) is 12.1 Å². The molecule has 0 aromatic heterocycles. The summed E-state index contributed by atoms with van der Waals surface area (Å²) in [6.07, 6.45) is 1.45. The van der Waals surface area contributed by atoms with Crippen molar-refractivity contribution >= 4 is 15.9 Å². The molecule has 1 aliphatic rings. The van der Waals surface area contributed by atoms with E-state index in [0.717, 1.165) is 41.8 Å². The van der Waals surface area contributed by atoms with Crippen molar-refractivity contribution in [2.24, 2.45) is 0 Å². The van der Waals surface area contributed by atoms with Crippen molar-refractivity contribution in [3.05, 3.63) is 28.2 Å². The Morgan fingerprint density at radius 1 is 1.38 bits per heavy atom. The molecule has 0 bridgehead atoms. The molecule has 1 aromatic carbocycles. The number of hydrogen-bond acceptors (Lipinski definition) is 4. The molecule has 2 atom stereocenters. The lowest BCUT2D eigenvalue weighted by Gasteiger charge is -2.31. The Labute approximate surface area is 135 Å². The van der Waals surface area contributed by atoms with Gasteiger partial charge in [0.2, 0.25) is 0 Å². The fourth-order valence-corrected chi connectivity index (χ4v) is 3.52. The number of nitrogens with zero attached hydrogens (tertiary/aromatic N) is 2. The summed E-state index contributed by atoms with van der Waals surface area (Å²) in [4.78, 5) is 4.59. The third-order valence-corrected chi connectivity index (χ3v) is 4.84. The molecule has 0 amide bonds. The number of benzene rings is 1. The van der Waals surface area contributed by atoms with Crippen LogP contribution >= 0.6 is 15.9 Å². The molecule has 4 nitrogen and oxygen atoms in total. The number of methoxy groups -OCH3 is 1. The third-order valence-electron chi connectivity index (χ3n) is 4.22. The molecule has 21 heavy (non-hydrogen) atoms. The molecule has 0 spiro atoms. The van der Waals surface area contributed by atoms with Crippen molar-refractivity contribution in [3.8, 4) is 5.75 Å².